The van der Waals surface area contributed by atoms with Gasteiger partial charge in [0.1, 0.15) is 0 Å². The number of aryl methyl sites for hydroxylation is 4. The fraction of sp³-hybridized carbons (Fsp3) is 0.278. The molecular formula is C18H20O. The largest absolute Gasteiger partial charge is 0.289 e. The highest BCUT2D eigenvalue weighted by molar-refractivity contribution is 6.10. The summed E-state index contributed by atoms with van der Waals surface area (Å²) in [5.74, 6) is 0.137. The first-order chi connectivity index (χ1) is 9.04. The molecule has 0 saturated carbocycles. The summed E-state index contributed by atoms with van der Waals surface area (Å²) >= 11 is 0. The Bertz CT molecular complexity index is 624. The lowest BCUT2D eigenvalue weighted by molar-refractivity contribution is 0.103. The highest BCUT2D eigenvalue weighted by atomic mass is 16.1. The van der Waals surface area contributed by atoms with Crippen LogP contribution in [0, 0.1) is 20.8 Å². The third-order valence-corrected chi connectivity index (χ3v) is 3.73. The van der Waals surface area contributed by atoms with Crippen LogP contribution >= 0.6 is 0 Å². The minimum atomic E-state index is 0.137. The van der Waals surface area contributed by atoms with Crippen LogP contribution in [0.4, 0.5) is 0 Å². The van der Waals surface area contributed by atoms with Gasteiger partial charge in [-0.2, -0.15) is 0 Å². The Balaban J connectivity index is 2.53. The number of benzene rings is 2. The van der Waals surface area contributed by atoms with Gasteiger partial charge in [-0.1, -0.05) is 37.3 Å². The maximum Gasteiger partial charge on any atom is 0.193 e. The molecule has 0 amide bonds. The van der Waals surface area contributed by atoms with Gasteiger partial charge in [0.25, 0.3) is 0 Å². The second-order valence-corrected chi connectivity index (χ2v) is 5.09. The van der Waals surface area contributed by atoms with Crippen molar-refractivity contribution in [2.24, 2.45) is 0 Å². The Morgan fingerprint density at radius 2 is 1.53 bits per heavy atom. The van der Waals surface area contributed by atoms with E-state index in [-0.39, 0.29) is 5.78 Å². The Hall–Kier alpha value is -1.89. The van der Waals surface area contributed by atoms with Gasteiger partial charge in [-0.05, 0) is 55.5 Å². The Morgan fingerprint density at radius 1 is 0.895 bits per heavy atom. The van der Waals surface area contributed by atoms with Crippen LogP contribution < -0.4 is 0 Å². The van der Waals surface area contributed by atoms with E-state index in [1.807, 2.05) is 37.3 Å². The molecule has 0 atom stereocenters. The quantitative estimate of drug-likeness (QED) is 0.740. The molecule has 0 bridgehead atoms. The van der Waals surface area contributed by atoms with E-state index in [2.05, 4.69) is 26.8 Å². The smallest absolute Gasteiger partial charge is 0.193 e. The number of rotatable bonds is 3. The maximum atomic E-state index is 12.7. The van der Waals surface area contributed by atoms with Crippen molar-refractivity contribution in [3.63, 3.8) is 0 Å². The molecule has 0 heterocycles. The van der Waals surface area contributed by atoms with Crippen LogP contribution in [0.1, 0.15) is 45.1 Å². The summed E-state index contributed by atoms with van der Waals surface area (Å²) in [5.41, 5.74) is 6.23. The lowest BCUT2D eigenvalue weighted by atomic mass is 9.92. The van der Waals surface area contributed by atoms with Crippen LogP contribution in [0.2, 0.25) is 0 Å². The molecule has 0 saturated heterocycles. The van der Waals surface area contributed by atoms with Gasteiger partial charge in [0.05, 0.1) is 0 Å². The van der Waals surface area contributed by atoms with Gasteiger partial charge in [0, 0.05) is 11.1 Å². The van der Waals surface area contributed by atoms with Crippen LogP contribution in [-0.4, -0.2) is 5.78 Å². The average molecular weight is 252 g/mol. The third-order valence-electron chi connectivity index (χ3n) is 3.73. The standard InChI is InChI=1S/C18H20O/c1-5-15-8-6-7-9-16(15)18(19)17-11-13(3)12(2)10-14(17)4/h6-11H,5H2,1-4H3. The maximum absolute atomic E-state index is 12.7. The second kappa shape index (κ2) is 5.40. The Morgan fingerprint density at radius 3 is 2.21 bits per heavy atom. The molecule has 0 aliphatic carbocycles. The van der Waals surface area contributed by atoms with Gasteiger partial charge in [0.2, 0.25) is 0 Å². The lowest BCUT2D eigenvalue weighted by Gasteiger charge is -2.11. The normalized spacial score (nSPS) is 10.5. The van der Waals surface area contributed by atoms with E-state index < -0.39 is 0 Å². The second-order valence-electron chi connectivity index (χ2n) is 5.09. The summed E-state index contributed by atoms with van der Waals surface area (Å²) in [7, 11) is 0. The van der Waals surface area contributed by atoms with Crippen LogP contribution in [-0.2, 0) is 6.42 Å². The van der Waals surface area contributed by atoms with E-state index in [4.69, 9.17) is 0 Å². The molecule has 1 heteroatoms. The van der Waals surface area contributed by atoms with Crippen molar-refractivity contribution >= 4 is 5.78 Å². The van der Waals surface area contributed by atoms with Crippen molar-refractivity contribution in [3.05, 3.63) is 69.8 Å². The molecule has 2 rings (SSSR count). The van der Waals surface area contributed by atoms with E-state index in [0.29, 0.717) is 0 Å². The number of carbonyl (C=O) groups excluding carboxylic acids is 1. The van der Waals surface area contributed by atoms with Gasteiger partial charge in [-0.3, -0.25) is 4.79 Å². The number of ketones is 1. The van der Waals surface area contributed by atoms with Crippen LogP contribution in [0.3, 0.4) is 0 Å². The highest BCUT2D eigenvalue weighted by Crippen LogP contribution is 2.21. The van der Waals surface area contributed by atoms with Gasteiger partial charge in [-0.15, -0.1) is 0 Å². The Labute approximate surface area is 115 Å². The molecule has 2 aromatic carbocycles. The molecule has 0 unspecified atom stereocenters. The van der Waals surface area contributed by atoms with Crippen LogP contribution in [0.25, 0.3) is 0 Å². The first-order valence-corrected chi connectivity index (χ1v) is 6.75. The predicted octanol–water partition coefficient (Wildman–Crippen LogP) is 4.41. The minimum absolute atomic E-state index is 0.137. The van der Waals surface area contributed by atoms with E-state index >= 15 is 0 Å². The molecule has 0 fully saturated rings. The fourth-order valence-electron chi connectivity index (χ4n) is 2.40. The average Bonchev–Trinajstić information content (AvgIpc) is 2.42. The fourth-order valence-corrected chi connectivity index (χ4v) is 2.40. The summed E-state index contributed by atoms with van der Waals surface area (Å²) in [6, 6.07) is 12.0. The van der Waals surface area contributed by atoms with E-state index in [9.17, 15) is 4.79 Å². The number of carbonyl (C=O) groups is 1. The molecule has 1 nitrogen and oxygen atoms in total. The lowest BCUT2D eigenvalue weighted by Crippen LogP contribution is -2.07. The topological polar surface area (TPSA) is 17.1 Å². The van der Waals surface area contributed by atoms with Gasteiger partial charge in [-0.25, -0.2) is 0 Å². The van der Waals surface area contributed by atoms with Gasteiger partial charge in [0.15, 0.2) is 5.78 Å². The predicted molar refractivity (Wildman–Crippen MR) is 79.9 cm³/mol. The van der Waals surface area contributed by atoms with Crippen molar-refractivity contribution in [3.8, 4) is 0 Å². The zero-order valence-corrected chi connectivity index (χ0v) is 12.1. The monoisotopic (exact) mass is 252 g/mol. The molecule has 2 aromatic rings. The third kappa shape index (κ3) is 2.60. The molecule has 0 spiro atoms. The number of hydrogen-bond acceptors (Lipinski definition) is 1. The molecule has 19 heavy (non-hydrogen) atoms. The Kier molecular flexibility index (Phi) is 3.84. The van der Waals surface area contributed by atoms with Crippen molar-refractivity contribution < 1.29 is 4.79 Å². The molecular weight excluding hydrogens is 232 g/mol. The van der Waals surface area contributed by atoms with Gasteiger partial charge >= 0.3 is 0 Å². The van der Waals surface area contributed by atoms with Crippen LogP contribution in [0.5, 0.6) is 0 Å². The highest BCUT2D eigenvalue weighted by Gasteiger charge is 2.15. The van der Waals surface area contributed by atoms with Crippen molar-refractivity contribution in [2.75, 3.05) is 0 Å². The van der Waals surface area contributed by atoms with Crippen molar-refractivity contribution in [1.29, 1.82) is 0 Å². The molecule has 0 N–H and O–H groups in total. The van der Waals surface area contributed by atoms with Gasteiger partial charge < -0.3 is 0 Å². The molecule has 0 aliphatic heterocycles. The molecule has 0 radical (unpaired) electrons. The van der Waals surface area contributed by atoms with E-state index in [1.54, 1.807) is 0 Å². The summed E-state index contributed by atoms with van der Waals surface area (Å²) in [6.45, 7) is 8.22. The summed E-state index contributed by atoms with van der Waals surface area (Å²) < 4.78 is 0. The summed E-state index contributed by atoms with van der Waals surface area (Å²) in [4.78, 5) is 12.7. The SMILES string of the molecule is CCc1ccccc1C(=O)c1cc(C)c(C)cc1C. The van der Waals surface area contributed by atoms with E-state index in [0.717, 1.165) is 28.7 Å². The molecule has 98 valence electrons. The zero-order chi connectivity index (χ0) is 14.0. The van der Waals surface area contributed by atoms with Crippen molar-refractivity contribution in [2.45, 2.75) is 34.1 Å². The first-order valence-electron chi connectivity index (χ1n) is 6.75. The molecule has 0 aliphatic rings. The van der Waals surface area contributed by atoms with E-state index in [1.165, 1.54) is 11.1 Å². The summed E-state index contributed by atoms with van der Waals surface area (Å²) in [6.07, 6.45) is 0.881. The summed E-state index contributed by atoms with van der Waals surface area (Å²) in [5, 5.41) is 0. The van der Waals surface area contributed by atoms with Crippen LogP contribution in [0.15, 0.2) is 36.4 Å². The number of hydrogen-bond donors (Lipinski definition) is 0. The molecule has 0 aromatic heterocycles. The minimum Gasteiger partial charge on any atom is -0.289 e. The zero-order valence-electron chi connectivity index (χ0n) is 12.1. The first kappa shape index (κ1) is 13.5. The van der Waals surface area contributed by atoms with Crippen molar-refractivity contribution in [1.82, 2.24) is 0 Å².